The van der Waals surface area contributed by atoms with Crippen LogP contribution in [0.3, 0.4) is 0 Å². The fraction of sp³-hybridized carbons (Fsp3) is 0.600. The minimum atomic E-state index is -0.500. The van der Waals surface area contributed by atoms with Gasteiger partial charge in [0.25, 0.3) is 5.91 Å². The van der Waals surface area contributed by atoms with Gasteiger partial charge in [0, 0.05) is 24.1 Å². The van der Waals surface area contributed by atoms with Gasteiger partial charge in [-0.2, -0.15) is 10.1 Å². The van der Waals surface area contributed by atoms with Crippen molar-refractivity contribution >= 4 is 5.91 Å². The highest BCUT2D eigenvalue weighted by atomic mass is 16.5. The standard InChI is InChI=1S/C15H20N6O2/c16-14(22)12-6-11(18-19-12)10-2-1-5-21(7-10)8-13-17-15(23-20-13)9-3-4-9/h6,9-10H,1-5,7-8H2,(H2,16,22)(H,18,19)/t10-/m0/s1. The summed E-state index contributed by atoms with van der Waals surface area (Å²) in [7, 11) is 0. The molecule has 2 aliphatic rings. The Kier molecular flexibility index (Phi) is 3.60. The zero-order valence-electron chi connectivity index (χ0n) is 12.9. The van der Waals surface area contributed by atoms with E-state index in [-0.39, 0.29) is 0 Å². The molecule has 1 amide bonds. The summed E-state index contributed by atoms with van der Waals surface area (Å²) >= 11 is 0. The fourth-order valence-electron chi connectivity index (χ4n) is 3.15. The number of amides is 1. The number of rotatable bonds is 5. The van der Waals surface area contributed by atoms with Crippen LogP contribution in [0.15, 0.2) is 10.6 Å². The van der Waals surface area contributed by atoms with Crippen LogP contribution in [-0.4, -0.2) is 44.2 Å². The Balaban J connectivity index is 1.40. The third-order valence-electron chi connectivity index (χ3n) is 4.57. The molecular formula is C15H20N6O2. The minimum absolute atomic E-state index is 0.296. The number of aromatic amines is 1. The van der Waals surface area contributed by atoms with Gasteiger partial charge in [-0.3, -0.25) is 14.8 Å². The van der Waals surface area contributed by atoms with Crippen LogP contribution in [0.5, 0.6) is 0 Å². The second kappa shape index (κ2) is 5.77. The van der Waals surface area contributed by atoms with Gasteiger partial charge in [-0.1, -0.05) is 5.16 Å². The van der Waals surface area contributed by atoms with Crippen molar-refractivity contribution in [3.8, 4) is 0 Å². The highest BCUT2D eigenvalue weighted by molar-refractivity contribution is 5.90. The van der Waals surface area contributed by atoms with Gasteiger partial charge >= 0.3 is 0 Å². The van der Waals surface area contributed by atoms with Crippen LogP contribution in [0, 0.1) is 0 Å². The first-order chi connectivity index (χ1) is 11.2. The van der Waals surface area contributed by atoms with E-state index in [1.807, 2.05) is 0 Å². The average Bonchev–Trinajstić information content (AvgIpc) is 3.09. The summed E-state index contributed by atoms with van der Waals surface area (Å²) in [5, 5.41) is 11.0. The van der Waals surface area contributed by atoms with Crippen molar-refractivity contribution in [2.24, 2.45) is 5.73 Å². The summed E-state index contributed by atoms with van der Waals surface area (Å²) < 4.78 is 5.32. The third kappa shape index (κ3) is 3.12. The van der Waals surface area contributed by atoms with E-state index in [0.29, 0.717) is 24.1 Å². The molecule has 0 bridgehead atoms. The Morgan fingerprint density at radius 2 is 2.26 bits per heavy atom. The summed E-state index contributed by atoms with van der Waals surface area (Å²) in [6.45, 7) is 2.60. The van der Waals surface area contributed by atoms with Crippen LogP contribution >= 0.6 is 0 Å². The van der Waals surface area contributed by atoms with E-state index in [1.165, 1.54) is 0 Å². The van der Waals surface area contributed by atoms with Crippen LogP contribution in [0.1, 0.15) is 65.4 Å². The van der Waals surface area contributed by atoms with Crippen molar-refractivity contribution in [1.29, 1.82) is 0 Å². The van der Waals surface area contributed by atoms with E-state index >= 15 is 0 Å². The molecule has 4 rings (SSSR count). The Bertz CT molecular complexity index is 704. The number of H-pyrrole nitrogens is 1. The van der Waals surface area contributed by atoms with Crippen LogP contribution < -0.4 is 5.73 Å². The summed E-state index contributed by atoms with van der Waals surface area (Å²) in [6, 6.07) is 1.76. The smallest absolute Gasteiger partial charge is 0.269 e. The number of piperidine rings is 1. The molecule has 23 heavy (non-hydrogen) atoms. The van der Waals surface area contributed by atoms with Gasteiger partial charge in [0.15, 0.2) is 5.82 Å². The van der Waals surface area contributed by atoms with Crippen molar-refractivity contribution in [2.45, 2.75) is 44.1 Å². The molecule has 2 fully saturated rings. The van der Waals surface area contributed by atoms with Gasteiger partial charge in [0.2, 0.25) is 5.89 Å². The molecule has 2 aromatic heterocycles. The monoisotopic (exact) mass is 316 g/mol. The molecule has 1 saturated carbocycles. The second-order valence-corrected chi connectivity index (χ2v) is 6.47. The van der Waals surface area contributed by atoms with E-state index in [1.54, 1.807) is 6.07 Å². The number of nitrogens with zero attached hydrogens (tertiary/aromatic N) is 4. The largest absolute Gasteiger partial charge is 0.364 e. The normalized spacial score (nSPS) is 22.3. The van der Waals surface area contributed by atoms with Crippen molar-refractivity contribution < 1.29 is 9.32 Å². The van der Waals surface area contributed by atoms with Gasteiger partial charge in [-0.25, -0.2) is 0 Å². The minimum Gasteiger partial charge on any atom is -0.364 e. The van der Waals surface area contributed by atoms with Gasteiger partial charge in [0.1, 0.15) is 5.69 Å². The topological polar surface area (TPSA) is 114 Å². The van der Waals surface area contributed by atoms with Gasteiger partial charge in [-0.05, 0) is 38.3 Å². The van der Waals surface area contributed by atoms with Crippen molar-refractivity contribution in [3.63, 3.8) is 0 Å². The van der Waals surface area contributed by atoms with Crippen LogP contribution in [-0.2, 0) is 6.54 Å². The summed E-state index contributed by atoms with van der Waals surface area (Å²) in [5.41, 5.74) is 6.52. The molecule has 3 heterocycles. The lowest BCUT2D eigenvalue weighted by Crippen LogP contribution is -2.34. The molecule has 0 unspecified atom stereocenters. The number of nitrogens with one attached hydrogen (secondary N) is 1. The lowest BCUT2D eigenvalue weighted by Gasteiger charge is -2.31. The molecule has 1 aliphatic carbocycles. The average molecular weight is 316 g/mol. The van der Waals surface area contributed by atoms with E-state index in [9.17, 15) is 4.79 Å². The van der Waals surface area contributed by atoms with E-state index < -0.39 is 5.91 Å². The lowest BCUT2D eigenvalue weighted by atomic mass is 9.94. The summed E-state index contributed by atoms with van der Waals surface area (Å²) in [5.74, 6) is 1.85. The van der Waals surface area contributed by atoms with Crippen molar-refractivity contribution in [1.82, 2.24) is 25.2 Å². The third-order valence-corrected chi connectivity index (χ3v) is 4.57. The van der Waals surface area contributed by atoms with Gasteiger partial charge in [0.05, 0.1) is 6.54 Å². The molecule has 1 atom stereocenters. The Morgan fingerprint density at radius 3 is 3.00 bits per heavy atom. The van der Waals surface area contributed by atoms with E-state index in [4.69, 9.17) is 10.3 Å². The number of nitrogens with two attached hydrogens (primary N) is 1. The van der Waals surface area contributed by atoms with Crippen LogP contribution in [0.4, 0.5) is 0 Å². The fourth-order valence-corrected chi connectivity index (χ4v) is 3.15. The second-order valence-electron chi connectivity index (χ2n) is 6.47. The maximum Gasteiger partial charge on any atom is 0.269 e. The Morgan fingerprint density at radius 1 is 1.39 bits per heavy atom. The van der Waals surface area contributed by atoms with Gasteiger partial charge in [-0.15, -0.1) is 0 Å². The molecule has 8 heteroatoms. The quantitative estimate of drug-likeness (QED) is 0.855. The zero-order valence-corrected chi connectivity index (χ0v) is 12.9. The molecule has 122 valence electrons. The highest BCUT2D eigenvalue weighted by Crippen LogP contribution is 2.39. The molecule has 0 aromatic carbocycles. The molecule has 1 saturated heterocycles. The summed E-state index contributed by atoms with van der Waals surface area (Å²) in [4.78, 5) is 18.0. The number of likely N-dealkylation sites (tertiary alicyclic amines) is 1. The number of hydrogen-bond acceptors (Lipinski definition) is 6. The first kappa shape index (κ1) is 14.4. The molecule has 0 spiro atoms. The van der Waals surface area contributed by atoms with Crippen LogP contribution in [0.25, 0.3) is 0 Å². The summed E-state index contributed by atoms with van der Waals surface area (Å²) in [6.07, 6.45) is 4.48. The van der Waals surface area contributed by atoms with Crippen LogP contribution in [0.2, 0.25) is 0 Å². The molecule has 2 aromatic rings. The zero-order chi connectivity index (χ0) is 15.8. The highest BCUT2D eigenvalue weighted by Gasteiger charge is 2.30. The maximum atomic E-state index is 11.2. The predicted octanol–water partition coefficient (Wildman–Crippen LogP) is 1.15. The Hall–Kier alpha value is -2.22. The number of primary amides is 1. The number of carbonyl (C=O) groups excluding carboxylic acids is 1. The van der Waals surface area contributed by atoms with E-state index in [0.717, 1.165) is 56.2 Å². The lowest BCUT2D eigenvalue weighted by molar-refractivity contribution is 0.0995. The molecular weight excluding hydrogens is 296 g/mol. The molecule has 1 aliphatic heterocycles. The molecule has 0 radical (unpaired) electrons. The number of aromatic nitrogens is 4. The maximum absolute atomic E-state index is 11.2. The van der Waals surface area contributed by atoms with Crippen molar-refractivity contribution in [3.05, 3.63) is 29.2 Å². The molecule has 3 N–H and O–H groups in total. The first-order valence-electron chi connectivity index (χ1n) is 8.09. The Labute approximate surface area is 133 Å². The van der Waals surface area contributed by atoms with Crippen molar-refractivity contribution in [2.75, 3.05) is 13.1 Å². The van der Waals surface area contributed by atoms with E-state index in [2.05, 4.69) is 25.2 Å². The first-order valence-corrected chi connectivity index (χ1v) is 8.09. The molecule has 8 nitrogen and oxygen atoms in total. The SMILES string of the molecule is NC(=O)c1cc([C@H]2CCCN(Cc3noc(C4CC4)n3)C2)[nH]n1. The number of hydrogen-bond donors (Lipinski definition) is 2. The van der Waals surface area contributed by atoms with Gasteiger partial charge < -0.3 is 10.3 Å². The predicted molar refractivity (Wildman–Crippen MR) is 80.6 cm³/mol. The number of carbonyl (C=O) groups is 1.